The third kappa shape index (κ3) is 3.40. The predicted octanol–water partition coefficient (Wildman–Crippen LogP) is 0.778. The van der Waals surface area contributed by atoms with Gasteiger partial charge in [0.1, 0.15) is 5.75 Å². The minimum atomic E-state index is -0.681. The van der Waals surface area contributed by atoms with E-state index < -0.39 is 12.2 Å². The molecule has 1 aliphatic heterocycles. The quantitative estimate of drug-likeness (QED) is 0.812. The Morgan fingerprint density at radius 1 is 1.45 bits per heavy atom. The smallest absolute Gasteiger partial charge is 0.267 e. The molecular weight excluding hydrogens is 284 g/mol. The second-order valence-electron chi connectivity index (χ2n) is 5.52. The maximum Gasteiger partial charge on any atom is 0.267 e. The van der Waals surface area contributed by atoms with Gasteiger partial charge in [0, 0.05) is 20.1 Å². The Morgan fingerprint density at radius 2 is 2.18 bits per heavy atom. The average molecular weight is 308 g/mol. The predicted molar refractivity (Wildman–Crippen MR) is 84.1 cm³/mol. The summed E-state index contributed by atoms with van der Waals surface area (Å²) in [7, 11) is 1.71. The van der Waals surface area contributed by atoms with Crippen LogP contribution in [0.3, 0.4) is 0 Å². The van der Waals surface area contributed by atoms with Crippen LogP contribution in [0.15, 0.2) is 18.2 Å². The van der Waals surface area contributed by atoms with E-state index in [1.807, 2.05) is 17.9 Å². The first-order valence-electron chi connectivity index (χ1n) is 7.57. The number of rotatable bonds is 6. The van der Waals surface area contributed by atoms with Gasteiger partial charge in [-0.2, -0.15) is 0 Å². The molecule has 2 rings (SSSR count). The summed E-state index contributed by atoms with van der Waals surface area (Å²) in [6.45, 7) is 5.48. The standard InChI is InChI=1S/C16H24N2O4/c1-4-18(7-8-19)10-14(20)12-5-6-15-13(9-12)17(3)16(21)11(2)22-15/h5-6,9,11,14,19-20H,4,7-8,10H2,1-3H3. The molecule has 2 unspecified atom stereocenters. The van der Waals surface area contributed by atoms with Crippen molar-refractivity contribution >= 4 is 11.6 Å². The van der Waals surface area contributed by atoms with Crippen LogP contribution in [0.1, 0.15) is 25.5 Å². The van der Waals surface area contributed by atoms with Gasteiger partial charge in [-0.25, -0.2) is 0 Å². The second kappa shape index (κ2) is 7.09. The molecule has 0 saturated carbocycles. The van der Waals surface area contributed by atoms with Crippen LogP contribution in [0.2, 0.25) is 0 Å². The van der Waals surface area contributed by atoms with E-state index in [0.717, 1.165) is 12.1 Å². The summed E-state index contributed by atoms with van der Waals surface area (Å²) < 4.78 is 5.57. The lowest BCUT2D eigenvalue weighted by molar-refractivity contribution is -0.125. The Labute approximate surface area is 130 Å². The molecule has 0 spiro atoms. The van der Waals surface area contributed by atoms with Crippen molar-refractivity contribution in [2.24, 2.45) is 0 Å². The van der Waals surface area contributed by atoms with Crippen LogP contribution in [0, 0.1) is 0 Å². The third-order valence-electron chi connectivity index (χ3n) is 4.01. The number of hydrogen-bond donors (Lipinski definition) is 2. The molecular formula is C16H24N2O4. The van der Waals surface area contributed by atoms with Crippen LogP contribution in [0.5, 0.6) is 5.75 Å². The number of benzene rings is 1. The molecule has 1 heterocycles. The molecule has 2 N–H and O–H groups in total. The van der Waals surface area contributed by atoms with Gasteiger partial charge in [0.2, 0.25) is 0 Å². The lowest BCUT2D eigenvalue weighted by Gasteiger charge is -2.31. The van der Waals surface area contributed by atoms with Crippen LogP contribution in [0.25, 0.3) is 0 Å². The van der Waals surface area contributed by atoms with E-state index in [0.29, 0.717) is 24.5 Å². The number of likely N-dealkylation sites (N-methyl/N-ethyl adjacent to an activating group) is 2. The fourth-order valence-corrected chi connectivity index (χ4v) is 2.61. The number of fused-ring (bicyclic) bond motifs is 1. The summed E-state index contributed by atoms with van der Waals surface area (Å²) in [6, 6.07) is 5.39. The Bertz CT molecular complexity index is 535. The number of aliphatic hydroxyl groups excluding tert-OH is 2. The molecule has 0 aliphatic carbocycles. The van der Waals surface area contributed by atoms with Crippen molar-refractivity contribution in [3.05, 3.63) is 23.8 Å². The van der Waals surface area contributed by atoms with E-state index >= 15 is 0 Å². The van der Waals surface area contributed by atoms with Crippen molar-refractivity contribution < 1.29 is 19.7 Å². The van der Waals surface area contributed by atoms with E-state index in [-0.39, 0.29) is 12.5 Å². The zero-order valence-corrected chi connectivity index (χ0v) is 13.3. The van der Waals surface area contributed by atoms with Crippen molar-refractivity contribution in [2.45, 2.75) is 26.1 Å². The van der Waals surface area contributed by atoms with Crippen molar-refractivity contribution in [3.63, 3.8) is 0 Å². The number of aliphatic hydroxyl groups is 2. The number of nitrogens with zero attached hydrogens (tertiary/aromatic N) is 2. The number of hydrogen-bond acceptors (Lipinski definition) is 5. The Balaban J connectivity index is 2.18. The maximum absolute atomic E-state index is 12.0. The molecule has 0 radical (unpaired) electrons. The minimum Gasteiger partial charge on any atom is -0.479 e. The molecule has 0 fully saturated rings. The number of anilines is 1. The number of carbonyl (C=O) groups excluding carboxylic acids is 1. The maximum atomic E-state index is 12.0. The molecule has 1 aromatic rings. The lowest BCUT2D eigenvalue weighted by Crippen LogP contribution is -2.42. The van der Waals surface area contributed by atoms with E-state index in [1.165, 1.54) is 0 Å². The normalized spacial score (nSPS) is 19.1. The van der Waals surface area contributed by atoms with Crippen molar-refractivity contribution in [1.82, 2.24) is 4.90 Å². The summed E-state index contributed by atoms with van der Waals surface area (Å²) in [5.74, 6) is 0.544. The average Bonchev–Trinajstić information content (AvgIpc) is 2.52. The molecule has 6 nitrogen and oxygen atoms in total. The van der Waals surface area contributed by atoms with E-state index in [9.17, 15) is 9.90 Å². The van der Waals surface area contributed by atoms with Gasteiger partial charge in [0.05, 0.1) is 18.4 Å². The molecule has 2 atom stereocenters. The largest absolute Gasteiger partial charge is 0.479 e. The number of amides is 1. The molecule has 6 heteroatoms. The second-order valence-corrected chi connectivity index (χ2v) is 5.52. The van der Waals surface area contributed by atoms with E-state index in [4.69, 9.17) is 9.84 Å². The third-order valence-corrected chi connectivity index (χ3v) is 4.01. The monoisotopic (exact) mass is 308 g/mol. The molecule has 122 valence electrons. The first-order valence-corrected chi connectivity index (χ1v) is 7.57. The molecule has 22 heavy (non-hydrogen) atoms. The molecule has 1 aliphatic rings. The highest BCUT2D eigenvalue weighted by molar-refractivity contribution is 5.99. The highest BCUT2D eigenvalue weighted by Crippen LogP contribution is 2.35. The van der Waals surface area contributed by atoms with Gasteiger partial charge in [-0.1, -0.05) is 13.0 Å². The molecule has 0 aromatic heterocycles. The first kappa shape index (κ1) is 16.7. The summed E-state index contributed by atoms with van der Waals surface area (Å²) in [6.07, 6.45) is -1.17. The minimum absolute atomic E-state index is 0.0632. The fourth-order valence-electron chi connectivity index (χ4n) is 2.61. The van der Waals surface area contributed by atoms with Gasteiger partial charge in [-0.15, -0.1) is 0 Å². The highest BCUT2D eigenvalue weighted by Gasteiger charge is 2.29. The van der Waals surface area contributed by atoms with Crippen LogP contribution in [0.4, 0.5) is 5.69 Å². The van der Waals surface area contributed by atoms with Crippen LogP contribution >= 0.6 is 0 Å². The Morgan fingerprint density at radius 3 is 2.82 bits per heavy atom. The Hall–Kier alpha value is -1.63. The van der Waals surface area contributed by atoms with Crippen molar-refractivity contribution in [2.75, 3.05) is 38.2 Å². The molecule has 1 amide bonds. The highest BCUT2D eigenvalue weighted by atomic mass is 16.5. The van der Waals surface area contributed by atoms with Gasteiger partial charge in [0.15, 0.2) is 6.10 Å². The van der Waals surface area contributed by atoms with Crippen LogP contribution in [-0.2, 0) is 4.79 Å². The lowest BCUT2D eigenvalue weighted by atomic mass is 10.1. The fraction of sp³-hybridized carbons (Fsp3) is 0.562. The van der Waals surface area contributed by atoms with Gasteiger partial charge in [0.25, 0.3) is 5.91 Å². The number of carbonyl (C=O) groups is 1. The summed E-state index contributed by atoms with van der Waals surface area (Å²) in [4.78, 5) is 15.5. The van der Waals surface area contributed by atoms with E-state index in [2.05, 4.69) is 0 Å². The SMILES string of the molecule is CCN(CCO)CC(O)c1ccc2c(c1)N(C)C(=O)C(C)O2. The summed E-state index contributed by atoms with van der Waals surface area (Å²) in [5, 5.41) is 19.4. The molecule has 0 bridgehead atoms. The Kier molecular flexibility index (Phi) is 5.39. The van der Waals surface area contributed by atoms with Gasteiger partial charge in [-0.3, -0.25) is 9.69 Å². The van der Waals surface area contributed by atoms with Crippen molar-refractivity contribution in [3.8, 4) is 5.75 Å². The van der Waals surface area contributed by atoms with E-state index in [1.54, 1.807) is 31.0 Å². The van der Waals surface area contributed by atoms with Crippen molar-refractivity contribution in [1.29, 1.82) is 0 Å². The molecule has 0 saturated heterocycles. The first-order chi connectivity index (χ1) is 10.5. The topological polar surface area (TPSA) is 73.2 Å². The van der Waals surface area contributed by atoms with Crippen LogP contribution < -0.4 is 9.64 Å². The zero-order valence-electron chi connectivity index (χ0n) is 13.3. The van der Waals surface area contributed by atoms with Crippen LogP contribution in [-0.4, -0.2) is 60.4 Å². The number of ether oxygens (including phenoxy) is 1. The summed E-state index contributed by atoms with van der Waals surface area (Å²) in [5.41, 5.74) is 1.40. The molecule has 1 aromatic carbocycles. The van der Waals surface area contributed by atoms with Gasteiger partial charge in [-0.05, 0) is 31.2 Å². The summed E-state index contributed by atoms with van der Waals surface area (Å²) >= 11 is 0. The zero-order chi connectivity index (χ0) is 16.3. The van der Waals surface area contributed by atoms with Gasteiger partial charge >= 0.3 is 0 Å². The van der Waals surface area contributed by atoms with Gasteiger partial charge < -0.3 is 19.8 Å².